The van der Waals surface area contributed by atoms with Crippen LogP contribution < -0.4 is 0 Å². The van der Waals surface area contributed by atoms with E-state index in [1.807, 2.05) is 12.1 Å². The van der Waals surface area contributed by atoms with Crippen LogP contribution in [0, 0.1) is 0 Å². The predicted molar refractivity (Wildman–Crippen MR) is 88.2 cm³/mol. The first-order valence-corrected chi connectivity index (χ1v) is 7.83. The maximum Gasteiger partial charge on any atom is 0.168 e. The Balaban J connectivity index is 1.95. The molecule has 4 heteroatoms. The average molecular weight is 301 g/mol. The van der Waals surface area contributed by atoms with Crippen molar-refractivity contribution >= 4 is 45.0 Å². The Morgan fingerprint density at radius 1 is 1.25 bits per heavy atom. The third-order valence-corrected chi connectivity index (χ3v) is 5.01. The molecule has 0 unspecified atom stereocenters. The number of amidine groups is 1. The van der Waals surface area contributed by atoms with Gasteiger partial charge in [-0.1, -0.05) is 47.6 Å². The van der Waals surface area contributed by atoms with Gasteiger partial charge in [-0.3, -0.25) is 4.99 Å². The van der Waals surface area contributed by atoms with Crippen LogP contribution in [-0.2, 0) is 0 Å². The minimum Gasteiger partial charge on any atom is -0.318 e. The van der Waals surface area contributed by atoms with E-state index in [9.17, 15) is 0 Å². The molecule has 2 aromatic rings. The molecule has 4 rings (SSSR count). The fraction of sp³-hybridized carbons (Fsp3) is 0.188. The van der Waals surface area contributed by atoms with E-state index in [0.29, 0.717) is 0 Å². The Labute approximate surface area is 127 Å². The molecule has 0 saturated heterocycles. The monoisotopic (exact) mass is 300 g/mol. The zero-order chi connectivity index (χ0) is 13.7. The Kier molecular flexibility index (Phi) is 2.79. The number of benzene rings is 2. The molecule has 0 bridgehead atoms. The van der Waals surface area contributed by atoms with Crippen molar-refractivity contribution in [1.29, 1.82) is 0 Å². The summed E-state index contributed by atoms with van der Waals surface area (Å²) in [6.45, 7) is 4.06. The van der Waals surface area contributed by atoms with Crippen molar-refractivity contribution in [3.05, 3.63) is 51.9 Å². The third-order valence-electron chi connectivity index (χ3n) is 3.75. The van der Waals surface area contributed by atoms with Crippen LogP contribution in [0.4, 0.5) is 0 Å². The molecule has 0 atom stereocenters. The van der Waals surface area contributed by atoms with Gasteiger partial charge < -0.3 is 4.90 Å². The van der Waals surface area contributed by atoms with Crippen molar-refractivity contribution in [2.75, 3.05) is 13.1 Å². The van der Waals surface area contributed by atoms with Gasteiger partial charge in [-0.2, -0.15) is 0 Å². The first-order valence-electron chi connectivity index (χ1n) is 6.63. The van der Waals surface area contributed by atoms with Gasteiger partial charge in [0.15, 0.2) is 5.17 Å². The second-order valence-corrected chi connectivity index (χ2v) is 6.61. The van der Waals surface area contributed by atoms with Crippen molar-refractivity contribution in [1.82, 2.24) is 4.90 Å². The highest BCUT2D eigenvalue weighted by molar-refractivity contribution is 8.17. The van der Waals surface area contributed by atoms with Crippen LogP contribution in [0.2, 0.25) is 5.02 Å². The molecule has 0 aromatic heterocycles. The van der Waals surface area contributed by atoms with Crippen LogP contribution in [0.3, 0.4) is 0 Å². The highest BCUT2D eigenvalue weighted by Crippen LogP contribution is 2.43. The molecule has 20 heavy (non-hydrogen) atoms. The van der Waals surface area contributed by atoms with Gasteiger partial charge in [-0.25, -0.2) is 0 Å². The van der Waals surface area contributed by atoms with Gasteiger partial charge in [0, 0.05) is 22.0 Å². The first kappa shape index (κ1) is 12.3. The van der Waals surface area contributed by atoms with Gasteiger partial charge in [0.2, 0.25) is 0 Å². The largest absolute Gasteiger partial charge is 0.318 e. The molecule has 0 spiro atoms. The van der Waals surface area contributed by atoms with Crippen molar-refractivity contribution in [3.8, 4) is 0 Å². The van der Waals surface area contributed by atoms with Crippen LogP contribution in [0.25, 0.3) is 16.5 Å². The van der Waals surface area contributed by atoms with Gasteiger partial charge >= 0.3 is 0 Å². The standard InChI is InChI=1S/C16H13ClN2S/c1-10-15(19-8-7-18-16(19)20-10)14-4-2-3-11-9-12(17)5-6-13(11)14/h2-6,9H,7-8H2,1H3. The number of halogens is 1. The summed E-state index contributed by atoms with van der Waals surface area (Å²) in [6.07, 6.45) is 0. The van der Waals surface area contributed by atoms with E-state index in [-0.39, 0.29) is 0 Å². The number of rotatable bonds is 1. The second-order valence-electron chi connectivity index (χ2n) is 4.99. The zero-order valence-corrected chi connectivity index (χ0v) is 12.6. The average Bonchev–Trinajstić information content (AvgIpc) is 2.97. The van der Waals surface area contributed by atoms with E-state index in [0.717, 1.165) is 23.3 Å². The summed E-state index contributed by atoms with van der Waals surface area (Å²) in [5.41, 5.74) is 2.58. The molecule has 0 aliphatic carbocycles. The van der Waals surface area contributed by atoms with Gasteiger partial charge in [-0.15, -0.1) is 0 Å². The predicted octanol–water partition coefficient (Wildman–Crippen LogP) is 4.60. The molecule has 100 valence electrons. The Hall–Kier alpha value is -1.45. The summed E-state index contributed by atoms with van der Waals surface area (Å²) in [5.74, 6) is 0. The van der Waals surface area contributed by atoms with Gasteiger partial charge in [-0.05, 0) is 29.8 Å². The van der Waals surface area contributed by atoms with E-state index < -0.39 is 0 Å². The van der Waals surface area contributed by atoms with Gasteiger partial charge in [0.05, 0.1) is 12.2 Å². The molecule has 2 heterocycles. The number of hydrogen-bond acceptors (Lipinski definition) is 3. The van der Waals surface area contributed by atoms with E-state index in [2.05, 4.69) is 41.1 Å². The molecule has 2 aliphatic heterocycles. The summed E-state index contributed by atoms with van der Waals surface area (Å²) in [6, 6.07) is 12.5. The third kappa shape index (κ3) is 1.77. The summed E-state index contributed by atoms with van der Waals surface area (Å²) in [4.78, 5) is 8.22. The quantitative estimate of drug-likeness (QED) is 0.765. The molecular weight excluding hydrogens is 288 g/mol. The fourth-order valence-corrected chi connectivity index (χ4v) is 4.11. The summed E-state index contributed by atoms with van der Waals surface area (Å²) in [7, 11) is 0. The lowest BCUT2D eigenvalue weighted by atomic mass is 10.0. The Morgan fingerprint density at radius 2 is 2.15 bits per heavy atom. The van der Waals surface area contributed by atoms with Crippen LogP contribution in [0.15, 0.2) is 46.3 Å². The van der Waals surface area contributed by atoms with Gasteiger partial charge in [0.25, 0.3) is 0 Å². The smallest absolute Gasteiger partial charge is 0.168 e. The highest BCUT2D eigenvalue weighted by Gasteiger charge is 2.31. The van der Waals surface area contributed by atoms with Crippen molar-refractivity contribution in [2.45, 2.75) is 6.92 Å². The molecule has 0 fully saturated rings. The topological polar surface area (TPSA) is 15.6 Å². The number of fused-ring (bicyclic) bond motifs is 2. The van der Waals surface area contributed by atoms with Crippen LogP contribution in [0.1, 0.15) is 12.5 Å². The highest BCUT2D eigenvalue weighted by atomic mass is 35.5. The lowest BCUT2D eigenvalue weighted by molar-refractivity contribution is 0.648. The second kappa shape index (κ2) is 4.54. The molecule has 0 radical (unpaired) electrons. The number of hydrogen-bond donors (Lipinski definition) is 0. The molecule has 2 aliphatic rings. The summed E-state index contributed by atoms with van der Waals surface area (Å²) >= 11 is 7.88. The maximum atomic E-state index is 6.10. The maximum absolute atomic E-state index is 6.10. The van der Waals surface area contributed by atoms with E-state index in [1.54, 1.807) is 11.8 Å². The Morgan fingerprint density at radius 3 is 3.05 bits per heavy atom. The van der Waals surface area contributed by atoms with Crippen LogP contribution >= 0.6 is 23.4 Å². The minimum atomic E-state index is 0.782. The number of allylic oxidation sites excluding steroid dienone is 1. The molecule has 0 N–H and O–H groups in total. The number of nitrogens with zero attached hydrogens (tertiary/aromatic N) is 2. The summed E-state index contributed by atoms with van der Waals surface area (Å²) < 4.78 is 0. The molecule has 0 amide bonds. The lowest BCUT2D eigenvalue weighted by Gasteiger charge is -2.18. The van der Waals surface area contributed by atoms with Crippen LogP contribution in [0.5, 0.6) is 0 Å². The Bertz CT molecular complexity index is 779. The normalized spacial score (nSPS) is 17.9. The zero-order valence-electron chi connectivity index (χ0n) is 11.1. The van der Waals surface area contributed by atoms with E-state index in [1.165, 1.54) is 26.9 Å². The van der Waals surface area contributed by atoms with E-state index >= 15 is 0 Å². The molecule has 2 aromatic carbocycles. The van der Waals surface area contributed by atoms with Crippen molar-refractivity contribution < 1.29 is 0 Å². The SMILES string of the molecule is CC1=C(c2cccc3cc(Cl)ccc23)N2CCN=C2S1. The molecular formula is C16H13ClN2S. The number of aliphatic imine (C=N–C) groups is 1. The van der Waals surface area contributed by atoms with Crippen LogP contribution in [-0.4, -0.2) is 23.2 Å². The molecule has 0 saturated carbocycles. The fourth-order valence-electron chi connectivity index (χ4n) is 2.89. The van der Waals surface area contributed by atoms with E-state index in [4.69, 9.17) is 11.6 Å². The summed E-state index contributed by atoms with van der Waals surface area (Å²) in [5, 5.41) is 4.36. The number of thioether (sulfide) groups is 1. The molecule has 2 nitrogen and oxygen atoms in total. The van der Waals surface area contributed by atoms with Crippen molar-refractivity contribution in [2.24, 2.45) is 4.99 Å². The first-order chi connectivity index (χ1) is 9.74. The van der Waals surface area contributed by atoms with Gasteiger partial charge in [0.1, 0.15) is 0 Å². The lowest BCUT2D eigenvalue weighted by Crippen LogP contribution is -2.20. The van der Waals surface area contributed by atoms with Crippen molar-refractivity contribution in [3.63, 3.8) is 0 Å². The minimum absolute atomic E-state index is 0.782.